The smallest absolute Gasteiger partial charge is 0.185 e. The number of hydrogen-bond acceptors (Lipinski definition) is 2. The monoisotopic (exact) mass is 267 g/mol. The van der Waals surface area contributed by atoms with E-state index in [1.165, 1.54) is 38.5 Å². The van der Waals surface area contributed by atoms with Crippen molar-refractivity contribution in [2.45, 2.75) is 89.5 Å². The molecule has 0 radical (unpaired) electrons. The highest BCUT2D eigenvalue weighted by Crippen LogP contribution is 2.30. The Bertz CT molecular complexity index is 265. The van der Waals surface area contributed by atoms with Crippen molar-refractivity contribution in [2.24, 2.45) is 0 Å². The van der Waals surface area contributed by atoms with E-state index < -0.39 is 13.9 Å². The van der Waals surface area contributed by atoms with Gasteiger partial charge in [-0.3, -0.25) is 0 Å². The van der Waals surface area contributed by atoms with Gasteiger partial charge in [-0.25, -0.2) is 0 Å². The summed E-state index contributed by atoms with van der Waals surface area (Å²) in [4.78, 5) is 0. The van der Waals surface area contributed by atoms with E-state index in [-0.39, 0.29) is 0 Å². The zero-order chi connectivity index (χ0) is 13.5. The highest BCUT2D eigenvalue weighted by Gasteiger charge is 2.35. The lowest BCUT2D eigenvalue weighted by molar-refractivity contribution is 0.0939. The van der Waals surface area contributed by atoms with E-state index >= 15 is 0 Å². The molecule has 0 bridgehead atoms. The largest absolute Gasteiger partial charge is 0.400 e. The van der Waals surface area contributed by atoms with Gasteiger partial charge in [0.05, 0.1) is 6.07 Å². The SMILES string of the molecule is C[Si](C)(C)OC1(C#N)CCCCCCCCCC1. The van der Waals surface area contributed by atoms with E-state index in [1.54, 1.807) is 0 Å². The minimum Gasteiger partial charge on any atom is -0.400 e. The zero-order valence-corrected chi connectivity index (χ0v) is 13.4. The lowest BCUT2D eigenvalue weighted by atomic mass is 9.92. The van der Waals surface area contributed by atoms with Crippen LogP contribution in [0.1, 0.15) is 64.2 Å². The molecule has 0 N–H and O–H groups in total. The van der Waals surface area contributed by atoms with Crippen LogP contribution in [-0.4, -0.2) is 13.9 Å². The molecule has 1 fully saturated rings. The van der Waals surface area contributed by atoms with Gasteiger partial charge in [0.1, 0.15) is 5.60 Å². The molecule has 18 heavy (non-hydrogen) atoms. The molecule has 0 aromatic rings. The van der Waals surface area contributed by atoms with Crippen LogP contribution < -0.4 is 0 Å². The van der Waals surface area contributed by atoms with E-state index in [4.69, 9.17) is 4.43 Å². The number of nitrogens with zero attached hydrogens (tertiary/aromatic N) is 1. The summed E-state index contributed by atoms with van der Waals surface area (Å²) < 4.78 is 6.27. The van der Waals surface area contributed by atoms with Gasteiger partial charge in [0.15, 0.2) is 8.32 Å². The average molecular weight is 267 g/mol. The van der Waals surface area contributed by atoms with Crippen molar-refractivity contribution in [1.82, 2.24) is 0 Å². The Morgan fingerprint density at radius 2 is 1.22 bits per heavy atom. The first-order valence-corrected chi connectivity index (χ1v) is 11.0. The van der Waals surface area contributed by atoms with Crippen molar-refractivity contribution in [3.05, 3.63) is 0 Å². The molecule has 0 amide bonds. The Morgan fingerprint density at radius 1 is 0.833 bits per heavy atom. The maximum absolute atomic E-state index is 9.60. The highest BCUT2D eigenvalue weighted by atomic mass is 28.4. The van der Waals surface area contributed by atoms with Gasteiger partial charge < -0.3 is 4.43 Å². The van der Waals surface area contributed by atoms with Gasteiger partial charge in [0.25, 0.3) is 0 Å². The van der Waals surface area contributed by atoms with Crippen LogP contribution in [0.25, 0.3) is 0 Å². The maximum atomic E-state index is 9.60. The van der Waals surface area contributed by atoms with Crippen LogP contribution in [0.4, 0.5) is 0 Å². The molecule has 0 aliphatic heterocycles. The summed E-state index contributed by atoms with van der Waals surface area (Å²) in [5.41, 5.74) is -0.477. The minimum atomic E-state index is -1.64. The van der Waals surface area contributed by atoms with E-state index in [9.17, 15) is 5.26 Å². The molecular formula is C15H29NOSi. The first-order chi connectivity index (χ1) is 8.47. The first kappa shape index (κ1) is 15.7. The second-order valence-corrected chi connectivity index (χ2v) is 11.1. The van der Waals surface area contributed by atoms with E-state index in [0.29, 0.717) is 0 Å². The van der Waals surface area contributed by atoms with Crippen molar-refractivity contribution in [3.8, 4) is 6.07 Å². The van der Waals surface area contributed by atoms with Gasteiger partial charge >= 0.3 is 0 Å². The summed E-state index contributed by atoms with van der Waals surface area (Å²) in [7, 11) is -1.64. The molecule has 0 saturated heterocycles. The van der Waals surface area contributed by atoms with Gasteiger partial charge in [-0.2, -0.15) is 5.26 Å². The Kier molecular flexibility index (Phi) is 6.38. The van der Waals surface area contributed by atoms with Gasteiger partial charge in [-0.1, -0.05) is 38.5 Å². The molecule has 1 aliphatic rings. The first-order valence-electron chi connectivity index (χ1n) is 7.59. The van der Waals surface area contributed by atoms with Crippen LogP contribution in [0.2, 0.25) is 19.6 Å². The molecule has 1 rings (SSSR count). The third-order valence-electron chi connectivity index (χ3n) is 3.62. The second kappa shape index (κ2) is 7.30. The van der Waals surface area contributed by atoms with Crippen molar-refractivity contribution < 1.29 is 4.43 Å². The lowest BCUT2D eigenvalue weighted by Gasteiger charge is -2.34. The molecule has 104 valence electrons. The molecular weight excluding hydrogens is 238 g/mol. The predicted octanol–water partition coefficient (Wildman–Crippen LogP) is 5.01. The highest BCUT2D eigenvalue weighted by molar-refractivity contribution is 6.69. The number of nitriles is 1. The fourth-order valence-corrected chi connectivity index (χ4v) is 4.25. The summed E-state index contributed by atoms with van der Waals surface area (Å²) in [6, 6.07) is 2.52. The summed E-state index contributed by atoms with van der Waals surface area (Å²) in [5, 5.41) is 9.60. The molecule has 0 heterocycles. The van der Waals surface area contributed by atoms with Crippen molar-refractivity contribution in [2.75, 3.05) is 0 Å². The van der Waals surface area contributed by atoms with E-state index in [2.05, 4.69) is 25.7 Å². The van der Waals surface area contributed by atoms with Crippen molar-refractivity contribution >= 4 is 8.32 Å². The third kappa shape index (κ3) is 6.02. The lowest BCUT2D eigenvalue weighted by Crippen LogP contribution is -2.41. The Hall–Kier alpha value is -0.333. The molecule has 0 spiro atoms. The van der Waals surface area contributed by atoms with Crippen LogP contribution in [0.15, 0.2) is 0 Å². The molecule has 0 atom stereocenters. The molecule has 2 nitrogen and oxygen atoms in total. The van der Waals surface area contributed by atoms with Crippen LogP contribution in [-0.2, 0) is 4.43 Å². The van der Waals surface area contributed by atoms with Crippen LogP contribution in [0.3, 0.4) is 0 Å². The van der Waals surface area contributed by atoms with E-state index in [1.807, 2.05) is 0 Å². The molecule has 0 unspecified atom stereocenters. The maximum Gasteiger partial charge on any atom is 0.185 e. The normalized spacial score (nSPS) is 22.8. The molecule has 0 aromatic heterocycles. The molecule has 3 heteroatoms. The van der Waals surface area contributed by atoms with Gasteiger partial charge in [0.2, 0.25) is 0 Å². The Morgan fingerprint density at radius 3 is 1.56 bits per heavy atom. The molecule has 0 aromatic carbocycles. The van der Waals surface area contributed by atoms with Gasteiger partial charge in [-0.15, -0.1) is 0 Å². The zero-order valence-electron chi connectivity index (χ0n) is 12.4. The Labute approximate surface area is 114 Å². The quantitative estimate of drug-likeness (QED) is 0.658. The topological polar surface area (TPSA) is 33.0 Å². The average Bonchev–Trinajstić information content (AvgIpc) is 2.33. The van der Waals surface area contributed by atoms with Crippen LogP contribution in [0.5, 0.6) is 0 Å². The molecule has 1 aliphatic carbocycles. The van der Waals surface area contributed by atoms with Crippen molar-refractivity contribution in [1.29, 1.82) is 5.26 Å². The number of hydrogen-bond donors (Lipinski definition) is 0. The fourth-order valence-electron chi connectivity index (χ4n) is 2.83. The predicted molar refractivity (Wildman–Crippen MR) is 78.9 cm³/mol. The fraction of sp³-hybridized carbons (Fsp3) is 0.933. The summed E-state index contributed by atoms with van der Waals surface area (Å²) in [5.74, 6) is 0. The summed E-state index contributed by atoms with van der Waals surface area (Å²) in [6.07, 6.45) is 12.1. The minimum absolute atomic E-state index is 0.477. The van der Waals surface area contributed by atoms with Gasteiger partial charge in [0, 0.05) is 0 Å². The summed E-state index contributed by atoms with van der Waals surface area (Å²) in [6.45, 7) is 6.57. The van der Waals surface area contributed by atoms with Crippen molar-refractivity contribution in [3.63, 3.8) is 0 Å². The van der Waals surface area contributed by atoms with Gasteiger partial charge in [-0.05, 0) is 45.3 Å². The summed E-state index contributed by atoms with van der Waals surface area (Å²) >= 11 is 0. The number of rotatable bonds is 2. The second-order valence-electron chi connectivity index (χ2n) is 6.65. The van der Waals surface area contributed by atoms with Crippen LogP contribution in [0, 0.1) is 11.3 Å². The Balaban J connectivity index is 2.67. The van der Waals surface area contributed by atoms with E-state index in [0.717, 1.165) is 25.7 Å². The standard InChI is InChI=1S/C15H29NOSi/c1-18(2,3)17-15(14-16)12-10-8-6-4-5-7-9-11-13-15/h4-13H2,1-3H3. The third-order valence-corrected chi connectivity index (χ3v) is 4.62. The van der Waals surface area contributed by atoms with Crippen LogP contribution >= 0.6 is 0 Å². The molecule has 1 saturated carbocycles.